The van der Waals surface area contributed by atoms with Gasteiger partial charge in [-0.05, 0) is 72.4 Å². The van der Waals surface area contributed by atoms with Crippen LogP contribution in [-0.4, -0.2) is 23.7 Å². The van der Waals surface area contributed by atoms with Crippen molar-refractivity contribution in [3.8, 4) is 6.07 Å². The summed E-state index contributed by atoms with van der Waals surface area (Å²) < 4.78 is 55.7. The van der Waals surface area contributed by atoms with E-state index >= 15 is 4.39 Å². The molecule has 1 saturated heterocycles. The van der Waals surface area contributed by atoms with Gasteiger partial charge in [-0.3, -0.25) is 4.90 Å². The quantitative estimate of drug-likeness (QED) is 0.390. The Hall–Kier alpha value is -3.17. The summed E-state index contributed by atoms with van der Waals surface area (Å²) in [5.74, 6) is -1.68. The number of halogens is 4. The number of hydrogen-bond donors (Lipinski definition) is 0. The van der Waals surface area contributed by atoms with E-state index in [9.17, 15) is 18.4 Å². The largest absolute Gasteiger partial charge is 0.292 e. The van der Waals surface area contributed by atoms with Crippen LogP contribution in [0.3, 0.4) is 0 Å². The van der Waals surface area contributed by atoms with Crippen molar-refractivity contribution in [3.63, 3.8) is 0 Å². The molecule has 0 N–H and O–H groups in total. The SMILES string of the molecule is CC(F)(Cc1cc(F)cc(F)c1)CC1CN(C(c2ccc(F)cc2)c2cccc(C#N)c2)C1. The molecule has 0 amide bonds. The summed E-state index contributed by atoms with van der Waals surface area (Å²) in [7, 11) is 0. The maximum atomic E-state index is 15.3. The minimum absolute atomic E-state index is 0.0657. The lowest BCUT2D eigenvalue weighted by molar-refractivity contribution is 0.0237. The fourth-order valence-electron chi connectivity index (χ4n) is 4.80. The number of rotatable bonds is 7. The van der Waals surface area contributed by atoms with Crippen molar-refractivity contribution in [2.75, 3.05) is 13.1 Å². The average molecular weight is 452 g/mol. The lowest BCUT2D eigenvalue weighted by Crippen LogP contribution is -2.50. The van der Waals surface area contributed by atoms with Crippen molar-refractivity contribution < 1.29 is 17.6 Å². The van der Waals surface area contributed by atoms with Gasteiger partial charge in [0.05, 0.1) is 17.7 Å². The molecule has 2 atom stereocenters. The van der Waals surface area contributed by atoms with Crippen LogP contribution in [0.4, 0.5) is 17.6 Å². The maximum absolute atomic E-state index is 15.3. The highest BCUT2D eigenvalue weighted by molar-refractivity contribution is 5.39. The van der Waals surface area contributed by atoms with Crippen LogP contribution in [0.25, 0.3) is 0 Å². The number of hydrogen-bond acceptors (Lipinski definition) is 2. The Bertz CT molecular complexity index is 1140. The van der Waals surface area contributed by atoms with E-state index in [2.05, 4.69) is 11.0 Å². The van der Waals surface area contributed by atoms with Crippen LogP contribution in [-0.2, 0) is 6.42 Å². The molecule has 0 bridgehead atoms. The molecule has 1 heterocycles. The molecular weight excluding hydrogens is 428 g/mol. The van der Waals surface area contributed by atoms with Crippen LogP contribution in [0.2, 0.25) is 0 Å². The smallest absolute Gasteiger partial charge is 0.126 e. The predicted octanol–water partition coefficient (Wildman–Crippen LogP) is 6.36. The molecule has 0 saturated carbocycles. The van der Waals surface area contributed by atoms with E-state index in [-0.39, 0.29) is 30.6 Å². The molecule has 3 aromatic carbocycles. The summed E-state index contributed by atoms with van der Waals surface area (Å²) in [6.45, 7) is 2.71. The van der Waals surface area contributed by atoms with Crippen molar-refractivity contribution >= 4 is 0 Å². The first-order valence-corrected chi connectivity index (χ1v) is 10.9. The molecular formula is C27H24F4N2. The van der Waals surface area contributed by atoms with E-state index < -0.39 is 17.3 Å². The van der Waals surface area contributed by atoms with Crippen molar-refractivity contribution in [1.82, 2.24) is 4.90 Å². The van der Waals surface area contributed by atoms with E-state index in [0.717, 1.165) is 17.2 Å². The molecule has 0 spiro atoms. The highest BCUT2D eigenvalue weighted by Gasteiger charge is 2.38. The second-order valence-electron chi connectivity index (χ2n) is 9.08. The molecule has 0 aromatic heterocycles. The lowest BCUT2D eigenvalue weighted by Gasteiger charge is -2.46. The van der Waals surface area contributed by atoms with E-state index in [0.29, 0.717) is 24.2 Å². The Balaban J connectivity index is 1.47. The van der Waals surface area contributed by atoms with Gasteiger partial charge in [-0.25, -0.2) is 17.6 Å². The minimum atomic E-state index is -1.61. The first-order valence-electron chi connectivity index (χ1n) is 10.9. The summed E-state index contributed by atoms with van der Waals surface area (Å²) in [4.78, 5) is 2.17. The Kier molecular flexibility index (Phi) is 6.53. The fraction of sp³-hybridized carbons (Fsp3) is 0.296. The van der Waals surface area contributed by atoms with Gasteiger partial charge in [-0.1, -0.05) is 24.3 Å². The Morgan fingerprint density at radius 3 is 2.24 bits per heavy atom. The van der Waals surface area contributed by atoms with E-state index in [1.54, 1.807) is 18.2 Å². The number of benzene rings is 3. The van der Waals surface area contributed by atoms with Crippen molar-refractivity contribution in [3.05, 3.63) is 106 Å². The molecule has 2 unspecified atom stereocenters. The van der Waals surface area contributed by atoms with Gasteiger partial charge in [0, 0.05) is 25.6 Å². The van der Waals surface area contributed by atoms with Crippen molar-refractivity contribution in [2.24, 2.45) is 5.92 Å². The third-order valence-electron chi connectivity index (χ3n) is 6.08. The summed E-state index contributed by atoms with van der Waals surface area (Å²) in [6.07, 6.45) is 0.194. The number of alkyl halides is 1. The van der Waals surface area contributed by atoms with Crippen LogP contribution in [0.15, 0.2) is 66.7 Å². The van der Waals surface area contributed by atoms with Gasteiger partial charge >= 0.3 is 0 Å². The van der Waals surface area contributed by atoms with Crippen molar-refractivity contribution in [2.45, 2.75) is 31.5 Å². The van der Waals surface area contributed by atoms with Crippen LogP contribution >= 0.6 is 0 Å². The van der Waals surface area contributed by atoms with Gasteiger partial charge < -0.3 is 0 Å². The van der Waals surface area contributed by atoms with E-state index in [1.165, 1.54) is 31.2 Å². The molecule has 1 fully saturated rings. The molecule has 170 valence electrons. The summed E-state index contributed by atoms with van der Waals surface area (Å²) in [5.41, 5.74) is 1.03. The molecule has 3 aromatic rings. The first-order chi connectivity index (χ1) is 15.7. The van der Waals surface area contributed by atoms with Gasteiger partial charge in [0.1, 0.15) is 23.1 Å². The van der Waals surface area contributed by atoms with Crippen LogP contribution in [0.5, 0.6) is 0 Å². The van der Waals surface area contributed by atoms with E-state index in [1.807, 2.05) is 18.2 Å². The van der Waals surface area contributed by atoms with Gasteiger partial charge in [0.15, 0.2) is 0 Å². The van der Waals surface area contributed by atoms with Gasteiger partial charge in [0.25, 0.3) is 0 Å². The summed E-state index contributed by atoms with van der Waals surface area (Å²) in [5, 5.41) is 9.28. The molecule has 0 radical (unpaired) electrons. The second kappa shape index (κ2) is 9.36. The standard InChI is InChI=1S/C27H24F4N2/c1-27(31,13-19-10-24(29)12-25(30)11-19)14-20-16-33(17-20)26(21-5-7-23(28)8-6-21)22-4-2-3-18(9-22)15-32/h2-12,20,26H,13-14,16-17H2,1H3. The van der Waals surface area contributed by atoms with E-state index in [4.69, 9.17) is 0 Å². The highest BCUT2D eigenvalue weighted by atomic mass is 19.1. The average Bonchev–Trinajstić information content (AvgIpc) is 2.72. The lowest BCUT2D eigenvalue weighted by atomic mass is 9.82. The Labute approximate surface area is 191 Å². The van der Waals surface area contributed by atoms with Gasteiger partial charge in [0.2, 0.25) is 0 Å². The number of nitrogens with zero attached hydrogens (tertiary/aromatic N) is 2. The molecule has 2 nitrogen and oxygen atoms in total. The number of nitriles is 1. The molecule has 0 aliphatic carbocycles. The monoisotopic (exact) mass is 452 g/mol. The predicted molar refractivity (Wildman–Crippen MR) is 119 cm³/mol. The second-order valence-corrected chi connectivity index (χ2v) is 9.08. The molecule has 6 heteroatoms. The third-order valence-corrected chi connectivity index (χ3v) is 6.08. The van der Waals surface area contributed by atoms with Crippen LogP contribution in [0.1, 0.15) is 41.6 Å². The zero-order chi connectivity index (χ0) is 23.6. The molecule has 33 heavy (non-hydrogen) atoms. The fourth-order valence-corrected chi connectivity index (χ4v) is 4.80. The summed E-state index contributed by atoms with van der Waals surface area (Å²) >= 11 is 0. The van der Waals surface area contributed by atoms with Gasteiger partial charge in [-0.15, -0.1) is 0 Å². The topological polar surface area (TPSA) is 27.0 Å². The zero-order valence-electron chi connectivity index (χ0n) is 18.2. The maximum Gasteiger partial charge on any atom is 0.126 e. The summed E-state index contributed by atoms with van der Waals surface area (Å²) in [6, 6.07) is 18.6. The van der Waals surface area contributed by atoms with Gasteiger partial charge in [-0.2, -0.15) is 5.26 Å². The normalized spacial score (nSPS) is 17.1. The third kappa shape index (κ3) is 5.61. The zero-order valence-corrected chi connectivity index (χ0v) is 18.2. The number of likely N-dealkylation sites (tertiary alicyclic amines) is 1. The van der Waals surface area contributed by atoms with Crippen molar-refractivity contribution in [1.29, 1.82) is 5.26 Å². The molecule has 1 aliphatic heterocycles. The van der Waals surface area contributed by atoms with Crippen LogP contribution < -0.4 is 0 Å². The first kappa shape index (κ1) is 23.0. The highest BCUT2D eigenvalue weighted by Crippen LogP contribution is 2.38. The Morgan fingerprint density at radius 2 is 1.61 bits per heavy atom. The Morgan fingerprint density at radius 1 is 0.939 bits per heavy atom. The molecule has 4 rings (SSSR count). The molecule has 1 aliphatic rings. The van der Waals surface area contributed by atoms with Crippen LogP contribution in [0, 0.1) is 34.7 Å². The minimum Gasteiger partial charge on any atom is -0.292 e.